The van der Waals surface area contributed by atoms with Crippen LogP contribution in [0, 0.1) is 26.6 Å². The van der Waals surface area contributed by atoms with Crippen LogP contribution in [0.15, 0.2) is 30.3 Å². The van der Waals surface area contributed by atoms with Gasteiger partial charge in [-0.05, 0) is 67.8 Å². The molecule has 19 heavy (non-hydrogen) atoms. The maximum Gasteiger partial charge on any atom is 0.138 e. The molecule has 0 bridgehead atoms. The summed E-state index contributed by atoms with van der Waals surface area (Å²) in [4.78, 5) is 7.80. The van der Waals surface area contributed by atoms with Gasteiger partial charge in [-0.3, -0.25) is 0 Å². The molecule has 96 valence electrons. The second kappa shape index (κ2) is 4.19. The Balaban J connectivity index is 2.20. The number of fused-ring (bicyclic) bond motifs is 1. The topological polar surface area (TPSA) is 28.7 Å². The molecular formula is C16H15FN2. The van der Waals surface area contributed by atoms with E-state index in [1.165, 1.54) is 23.3 Å². The van der Waals surface area contributed by atoms with Gasteiger partial charge in [0.2, 0.25) is 0 Å². The van der Waals surface area contributed by atoms with Crippen molar-refractivity contribution >= 4 is 11.0 Å². The van der Waals surface area contributed by atoms with Gasteiger partial charge in [-0.2, -0.15) is 0 Å². The molecule has 0 aliphatic heterocycles. The summed E-state index contributed by atoms with van der Waals surface area (Å²) in [6.07, 6.45) is 0. The van der Waals surface area contributed by atoms with E-state index in [-0.39, 0.29) is 5.82 Å². The maximum absolute atomic E-state index is 13.5. The number of nitrogens with zero attached hydrogens (tertiary/aromatic N) is 1. The number of benzene rings is 2. The van der Waals surface area contributed by atoms with Crippen molar-refractivity contribution < 1.29 is 4.39 Å². The fourth-order valence-electron chi connectivity index (χ4n) is 2.28. The SMILES string of the molecule is Cc1cc(F)cc(-c2nc3cc(C)c(C)cc3[nH]2)c1. The summed E-state index contributed by atoms with van der Waals surface area (Å²) in [6, 6.07) is 9.08. The third-order valence-corrected chi connectivity index (χ3v) is 3.41. The van der Waals surface area contributed by atoms with Gasteiger partial charge >= 0.3 is 0 Å². The lowest BCUT2D eigenvalue weighted by Crippen LogP contribution is -1.84. The zero-order valence-corrected chi connectivity index (χ0v) is 11.2. The summed E-state index contributed by atoms with van der Waals surface area (Å²) < 4.78 is 13.5. The first-order valence-corrected chi connectivity index (χ1v) is 6.27. The van der Waals surface area contributed by atoms with Crippen molar-refractivity contribution in [1.82, 2.24) is 9.97 Å². The highest BCUT2D eigenvalue weighted by molar-refractivity contribution is 5.81. The van der Waals surface area contributed by atoms with E-state index < -0.39 is 0 Å². The molecule has 0 unspecified atom stereocenters. The van der Waals surface area contributed by atoms with Gasteiger partial charge in [0.25, 0.3) is 0 Å². The first-order chi connectivity index (χ1) is 9.02. The molecule has 0 atom stereocenters. The normalized spacial score (nSPS) is 11.2. The lowest BCUT2D eigenvalue weighted by Gasteiger charge is -1.99. The van der Waals surface area contributed by atoms with Gasteiger partial charge in [-0.1, -0.05) is 0 Å². The summed E-state index contributed by atoms with van der Waals surface area (Å²) >= 11 is 0. The Labute approximate surface area is 111 Å². The van der Waals surface area contributed by atoms with Crippen molar-refractivity contribution in [2.24, 2.45) is 0 Å². The van der Waals surface area contributed by atoms with Crippen LogP contribution in [-0.4, -0.2) is 9.97 Å². The lowest BCUT2D eigenvalue weighted by molar-refractivity contribution is 0.627. The standard InChI is InChI=1S/C16H15FN2/c1-9-4-12(8-13(17)5-9)16-18-14-6-10(2)11(3)7-15(14)19-16/h4-8H,1-3H3,(H,18,19). The van der Waals surface area contributed by atoms with Crippen LogP contribution in [0.25, 0.3) is 22.4 Å². The number of rotatable bonds is 1. The van der Waals surface area contributed by atoms with Crippen molar-refractivity contribution in [3.05, 3.63) is 52.8 Å². The van der Waals surface area contributed by atoms with Crippen molar-refractivity contribution in [2.45, 2.75) is 20.8 Å². The zero-order valence-electron chi connectivity index (χ0n) is 11.2. The number of aromatic amines is 1. The summed E-state index contributed by atoms with van der Waals surface area (Å²) in [5.74, 6) is 0.477. The minimum atomic E-state index is -0.234. The predicted molar refractivity (Wildman–Crippen MR) is 75.7 cm³/mol. The number of halogens is 1. The number of imidazole rings is 1. The molecule has 1 N–H and O–H groups in total. The van der Waals surface area contributed by atoms with Gasteiger partial charge in [-0.25, -0.2) is 9.37 Å². The highest BCUT2D eigenvalue weighted by Crippen LogP contribution is 2.24. The number of H-pyrrole nitrogens is 1. The predicted octanol–water partition coefficient (Wildman–Crippen LogP) is 4.29. The third-order valence-electron chi connectivity index (χ3n) is 3.41. The third kappa shape index (κ3) is 2.12. The molecule has 0 amide bonds. The van der Waals surface area contributed by atoms with Crippen LogP contribution in [-0.2, 0) is 0 Å². The highest BCUT2D eigenvalue weighted by atomic mass is 19.1. The minimum absolute atomic E-state index is 0.234. The van der Waals surface area contributed by atoms with Gasteiger partial charge in [0.15, 0.2) is 0 Å². The summed E-state index contributed by atoms with van der Waals surface area (Å²) in [7, 11) is 0. The molecule has 0 fully saturated rings. The van der Waals surface area contributed by atoms with Gasteiger partial charge in [0.05, 0.1) is 11.0 Å². The van der Waals surface area contributed by atoms with Gasteiger partial charge in [0.1, 0.15) is 11.6 Å². The van der Waals surface area contributed by atoms with Gasteiger partial charge in [0, 0.05) is 5.56 Å². The molecule has 3 aromatic rings. The quantitative estimate of drug-likeness (QED) is 0.689. The molecule has 3 heteroatoms. The first-order valence-electron chi connectivity index (χ1n) is 6.27. The molecular weight excluding hydrogens is 239 g/mol. The molecule has 0 spiro atoms. The van der Waals surface area contributed by atoms with E-state index in [1.54, 1.807) is 0 Å². The Morgan fingerprint density at radius 2 is 1.68 bits per heavy atom. The Bertz CT molecular complexity index is 713. The lowest BCUT2D eigenvalue weighted by atomic mass is 10.1. The second-order valence-electron chi connectivity index (χ2n) is 5.06. The maximum atomic E-state index is 13.5. The molecule has 0 radical (unpaired) electrons. The Hall–Kier alpha value is -2.16. The van der Waals surface area contributed by atoms with E-state index in [2.05, 4.69) is 35.9 Å². The minimum Gasteiger partial charge on any atom is -0.338 e. The van der Waals surface area contributed by atoms with Crippen molar-refractivity contribution in [1.29, 1.82) is 0 Å². The second-order valence-corrected chi connectivity index (χ2v) is 5.06. The van der Waals surface area contributed by atoms with E-state index in [4.69, 9.17) is 0 Å². The number of aromatic nitrogens is 2. The molecule has 3 rings (SSSR count). The summed E-state index contributed by atoms with van der Waals surface area (Å²) in [5, 5.41) is 0. The van der Waals surface area contributed by atoms with Crippen LogP contribution < -0.4 is 0 Å². The monoisotopic (exact) mass is 254 g/mol. The molecule has 2 nitrogen and oxygen atoms in total. The van der Waals surface area contributed by atoms with E-state index in [1.807, 2.05) is 13.0 Å². The van der Waals surface area contributed by atoms with Crippen molar-refractivity contribution in [3.8, 4) is 11.4 Å². The Morgan fingerprint density at radius 3 is 2.42 bits per heavy atom. The van der Waals surface area contributed by atoms with Gasteiger partial charge < -0.3 is 4.98 Å². The number of nitrogens with one attached hydrogen (secondary N) is 1. The summed E-state index contributed by atoms with van der Waals surface area (Å²) in [5.41, 5.74) is 6.01. The first kappa shape index (κ1) is 11.9. The fraction of sp³-hybridized carbons (Fsp3) is 0.188. The molecule has 1 aromatic heterocycles. The molecule has 0 aliphatic rings. The Kier molecular flexibility index (Phi) is 2.63. The van der Waals surface area contributed by atoms with E-state index >= 15 is 0 Å². The van der Waals surface area contributed by atoms with Crippen LogP contribution in [0.3, 0.4) is 0 Å². The largest absolute Gasteiger partial charge is 0.338 e. The molecule has 0 saturated carbocycles. The van der Waals surface area contributed by atoms with E-state index in [0.29, 0.717) is 5.82 Å². The number of aryl methyl sites for hydroxylation is 3. The number of hydrogen-bond acceptors (Lipinski definition) is 1. The van der Waals surface area contributed by atoms with Crippen LogP contribution in [0.5, 0.6) is 0 Å². The zero-order chi connectivity index (χ0) is 13.6. The average Bonchev–Trinajstić information content (AvgIpc) is 2.71. The summed E-state index contributed by atoms with van der Waals surface area (Å²) in [6.45, 7) is 6.01. The molecule has 1 heterocycles. The van der Waals surface area contributed by atoms with Crippen LogP contribution in [0.1, 0.15) is 16.7 Å². The smallest absolute Gasteiger partial charge is 0.138 e. The molecule has 0 saturated heterocycles. The fourth-order valence-corrected chi connectivity index (χ4v) is 2.28. The van der Waals surface area contributed by atoms with Crippen LogP contribution in [0.4, 0.5) is 4.39 Å². The number of hydrogen-bond donors (Lipinski definition) is 1. The van der Waals surface area contributed by atoms with Crippen LogP contribution >= 0.6 is 0 Å². The average molecular weight is 254 g/mol. The van der Waals surface area contributed by atoms with Crippen molar-refractivity contribution in [2.75, 3.05) is 0 Å². The van der Waals surface area contributed by atoms with Crippen LogP contribution in [0.2, 0.25) is 0 Å². The van der Waals surface area contributed by atoms with E-state index in [9.17, 15) is 4.39 Å². The molecule has 0 aliphatic carbocycles. The van der Waals surface area contributed by atoms with Crippen molar-refractivity contribution in [3.63, 3.8) is 0 Å². The highest BCUT2D eigenvalue weighted by Gasteiger charge is 2.08. The van der Waals surface area contributed by atoms with E-state index in [0.717, 1.165) is 22.2 Å². The molecule has 2 aromatic carbocycles. The van der Waals surface area contributed by atoms with Gasteiger partial charge in [-0.15, -0.1) is 0 Å². The Morgan fingerprint density at radius 1 is 0.947 bits per heavy atom.